The lowest BCUT2D eigenvalue weighted by molar-refractivity contribution is 1.37. The number of aromatic nitrogens is 2. The van der Waals surface area contributed by atoms with Crippen molar-refractivity contribution in [1.82, 2.24) is 9.97 Å². The maximum absolute atomic E-state index is 5.30. The van der Waals surface area contributed by atoms with Gasteiger partial charge in [0.1, 0.15) is 0 Å². The van der Waals surface area contributed by atoms with E-state index in [-0.39, 0.29) is 0 Å². The zero-order valence-electron chi connectivity index (χ0n) is 28.2. The monoisotopic (exact) mass is 658 g/mol. The molecule has 0 saturated heterocycles. The number of pyridine rings is 2. The van der Waals surface area contributed by atoms with E-state index in [4.69, 9.17) is 9.97 Å². The molecule has 0 saturated carbocycles. The molecule has 2 heterocycles. The van der Waals surface area contributed by atoms with Gasteiger partial charge in [0, 0.05) is 21.9 Å². The SMILES string of the molecule is c1ccc(-c2ccc3ccc4ccc(-c5ccc(-c6ccc(-c7ccc8ccc9cccc%10ccc7c8c9%10)cc6)c6ccccc56)nc4c3n2)cc1. The van der Waals surface area contributed by atoms with Gasteiger partial charge in [-0.05, 0) is 77.5 Å². The van der Waals surface area contributed by atoms with Crippen molar-refractivity contribution in [2.45, 2.75) is 0 Å². The standard InChI is InChI=1S/C50H30N2/c1-2-7-33(8-3-1)45-29-23-37-19-20-38-24-30-46(52-50(38)49(37)51-45)43-28-27-39(41-11-4-5-12-42(41)43)31-13-15-32(16-14-31)40-25-21-36-18-17-34-9-6-10-35-22-26-44(40)48(36)47(34)35/h1-30H. The second kappa shape index (κ2) is 11.3. The van der Waals surface area contributed by atoms with Crippen molar-refractivity contribution in [1.29, 1.82) is 0 Å². The fourth-order valence-electron chi connectivity index (χ4n) is 8.28. The largest absolute Gasteiger partial charge is 0.245 e. The molecule has 52 heavy (non-hydrogen) atoms. The van der Waals surface area contributed by atoms with Crippen LogP contribution in [0.15, 0.2) is 182 Å². The zero-order valence-corrected chi connectivity index (χ0v) is 28.2. The lowest BCUT2D eigenvalue weighted by Crippen LogP contribution is -1.92. The zero-order chi connectivity index (χ0) is 34.2. The summed E-state index contributed by atoms with van der Waals surface area (Å²) in [5.41, 5.74) is 10.8. The minimum atomic E-state index is 0.920. The van der Waals surface area contributed by atoms with Crippen molar-refractivity contribution >= 4 is 64.9 Å². The summed E-state index contributed by atoms with van der Waals surface area (Å²) in [7, 11) is 0. The fraction of sp³-hybridized carbons (Fsp3) is 0. The Morgan fingerprint density at radius 3 is 1.44 bits per heavy atom. The predicted molar refractivity (Wildman–Crippen MR) is 220 cm³/mol. The van der Waals surface area contributed by atoms with Crippen molar-refractivity contribution in [3.63, 3.8) is 0 Å². The van der Waals surface area contributed by atoms with Crippen molar-refractivity contribution in [3.05, 3.63) is 182 Å². The summed E-state index contributed by atoms with van der Waals surface area (Å²) in [5.74, 6) is 0. The van der Waals surface area contributed by atoms with Crippen LogP contribution in [0.1, 0.15) is 0 Å². The topological polar surface area (TPSA) is 25.8 Å². The van der Waals surface area contributed by atoms with Gasteiger partial charge < -0.3 is 0 Å². The van der Waals surface area contributed by atoms with Crippen LogP contribution in [0, 0.1) is 0 Å². The number of hydrogen-bond acceptors (Lipinski definition) is 2. The number of benzene rings is 9. The van der Waals surface area contributed by atoms with Crippen molar-refractivity contribution in [2.75, 3.05) is 0 Å². The maximum Gasteiger partial charge on any atom is 0.0972 e. The van der Waals surface area contributed by atoms with Crippen LogP contribution in [0.5, 0.6) is 0 Å². The summed E-state index contributed by atoms with van der Waals surface area (Å²) in [6.07, 6.45) is 0. The van der Waals surface area contributed by atoms with Gasteiger partial charge in [-0.3, -0.25) is 0 Å². The Balaban J connectivity index is 1.01. The van der Waals surface area contributed by atoms with Crippen molar-refractivity contribution in [2.24, 2.45) is 0 Å². The molecule has 0 radical (unpaired) electrons. The summed E-state index contributed by atoms with van der Waals surface area (Å²) in [5, 5.41) is 12.4. The van der Waals surface area contributed by atoms with E-state index >= 15 is 0 Å². The minimum absolute atomic E-state index is 0.920. The van der Waals surface area contributed by atoms with Gasteiger partial charge in [0.05, 0.1) is 22.4 Å². The minimum Gasteiger partial charge on any atom is -0.245 e. The first-order valence-electron chi connectivity index (χ1n) is 17.8. The Hall–Kier alpha value is -6.90. The molecule has 0 unspecified atom stereocenters. The van der Waals surface area contributed by atoms with Gasteiger partial charge >= 0.3 is 0 Å². The highest BCUT2D eigenvalue weighted by Crippen LogP contribution is 2.41. The van der Waals surface area contributed by atoms with E-state index in [9.17, 15) is 0 Å². The Morgan fingerprint density at radius 2 is 0.731 bits per heavy atom. The number of nitrogens with zero attached hydrogens (tertiary/aromatic N) is 2. The number of hydrogen-bond donors (Lipinski definition) is 0. The average molecular weight is 659 g/mol. The third kappa shape index (κ3) is 4.44. The highest BCUT2D eigenvalue weighted by Gasteiger charge is 2.15. The molecule has 2 aromatic heterocycles. The Morgan fingerprint density at radius 1 is 0.250 bits per heavy atom. The lowest BCUT2D eigenvalue weighted by atomic mass is 9.89. The molecule has 0 aliphatic rings. The van der Waals surface area contributed by atoms with Gasteiger partial charge in [-0.1, -0.05) is 170 Å². The van der Waals surface area contributed by atoms with Crippen LogP contribution in [0.3, 0.4) is 0 Å². The third-order valence-corrected chi connectivity index (χ3v) is 10.8. The summed E-state index contributed by atoms with van der Waals surface area (Å²) < 4.78 is 0. The normalized spacial score (nSPS) is 11.8. The van der Waals surface area contributed by atoms with E-state index in [0.717, 1.165) is 44.3 Å². The molecule has 0 amide bonds. The van der Waals surface area contributed by atoms with E-state index in [1.54, 1.807) is 0 Å². The summed E-state index contributed by atoms with van der Waals surface area (Å²) in [6, 6.07) is 65.6. The van der Waals surface area contributed by atoms with Crippen LogP contribution in [-0.2, 0) is 0 Å². The van der Waals surface area contributed by atoms with Crippen LogP contribution in [0.25, 0.3) is 110 Å². The molecule has 0 bridgehead atoms. The molecular weight excluding hydrogens is 629 g/mol. The molecule has 11 aromatic rings. The van der Waals surface area contributed by atoms with Crippen LogP contribution >= 0.6 is 0 Å². The van der Waals surface area contributed by atoms with Gasteiger partial charge in [0.25, 0.3) is 0 Å². The first-order valence-corrected chi connectivity index (χ1v) is 17.8. The first-order chi connectivity index (χ1) is 25.8. The molecule has 240 valence electrons. The van der Waals surface area contributed by atoms with E-state index in [1.165, 1.54) is 65.3 Å². The van der Waals surface area contributed by atoms with Crippen LogP contribution < -0.4 is 0 Å². The maximum atomic E-state index is 5.30. The lowest BCUT2D eigenvalue weighted by Gasteiger charge is -2.15. The first kappa shape index (κ1) is 28.9. The fourth-order valence-corrected chi connectivity index (χ4v) is 8.28. The second-order valence-corrected chi connectivity index (χ2v) is 13.7. The molecule has 0 N–H and O–H groups in total. The van der Waals surface area contributed by atoms with E-state index in [0.29, 0.717) is 0 Å². The molecule has 0 spiro atoms. The Bertz CT molecular complexity index is 3150. The second-order valence-electron chi connectivity index (χ2n) is 13.7. The van der Waals surface area contributed by atoms with Gasteiger partial charge in [-0.25, -0.2) is 9.97 Å². The third-order valence-electron chi connectivity index (χ3n) is 10.8. The van der Waals surface area contributed by atoms with Gasteiger partial charge in [-0.15, -0.1) is 0 Å². The van der Waals surface area contributed by atoms with E-state index < -0.39 is 0 Å². The van der Waals surface area contributed by atoms with Crippen LogP contribution in [-0.4, -0.2) is 9.97 Å². The highest BCUT2D eigenvalue weighted by molar-refractivity contribution is 6.25. The van der Waals surface area contributed by atoms with Gasteiger partial charge in [0.15, 0.2) is 0 Å². The quantitative estimate of drug-likeness (QED) is 0.176. The molecule has 0 aliphatic carbocycles. The van der Waals surface area contributed by atoms with E-state index in [1.807, 2.05) is 6.07 Å². The number of rotatable bonds is 4. The summed E-state index contributed by atoms with van der Waals surface area (Å²) in [6.45, 7) is 0. The van der Waals surface area contributed by atoms with Crippen LogP contribution in [0.4, 0.5) is 0 Å². The van der Waals surface area contributed by atoms with Crippen molar-refractivity contribution < 1.29 is 0 Å². The highest BCUT2D eigenvalue weighted by atomic mass is 14.8. The molecule has 0 aliphatic heterocycles. The molecule has 2 heteroatoms. The predicted octanol–water partition coefficient (Wildman–Crippen LogP) is 13.5. The number of fused-ring (bicyclic) bond motifs is 4. The Labute approximate surface area is 300 Å². The van der Waals surface area contributed by atoms with E-state index in [2.05, 4.69) is 176 Å². The van der Waals surface area contributed by atoms with Gasteiger partial charge in [0.2, 0.25) is 0 Å². The average Bonchev–Trinajstić information content (AvgIpc) is 3.22. The Kier molecular flexibility index (Phi) is 6.28. The molecule has 11 rings (SSSR count). The molecular formula is C50H30N2. The summed E-state index contributed by atoms with van der Waals surface area (Å²) >= 11 is 0. The molecule has 0 fully saturated rings. The van der Waals surface area contributed by atoms with Gasteiger partial charge in [-0.2, -0.15) is 0 Å². The molecule has 0 atom stereocenters. The molecule has 9 aromatic carbocycles. The summed E-state index contributed by atoms with van der Waals surface area (Å²) in [4.78, 5) is 10.4. The van der Waals surface area contributed by atoms with Crippen molar-refractivity contribution in [3.8, 4) is 44.8 Å². The van der Waals surface area contributed by atoms with Crippen LogP contribution in [0.2, 0.25) is 0 Å². The smallest absolute Gasteiger partial charge is 0.0972 e. The molecule has 2 nitrogen and oxygen atoms in total.